The Labute approximate surface area is 218 Å². The molecule has 0 radical (unpaired) electrons. The van der Waals surface area contributed by atoms with Crippen LogP contribution in [-0.4, -0.2) is 36.7 Å². The van der Waals surface area contributed by atoms with Crippen molar-refractivity contribution in [3.05, 3.63) is 94.5 Å². The molecule has 0 N–H and O–H groups in total. The molecule has 1 heterocycles. The maximum absolute atomic E-state index is 13.4. The Bertz CT molecular complexity index is 1360. The lowest BCUT2D eigenvalue weighted by atomic mass is 9.76. The van der Waals surface area contributed by atoms with Crippen LogP contribution in [0.2, 0.25) is 5.02 Å². The summed E-state index contributed by atoms with van der Waals surface area (Å²) in [6, 6.07) is 16.4. The number of halogens is 7. The smallest absolute Gasteiger partial charge is 0.406 e. The third kappa shape index (κ3) is 5.57. The highest BCUT2D eigenvalue weighted by Crippen LogP contribution is 2.39. The largest absolute Gasteiger partial charge is 0.573 e. The highest BCUT2D eigenvalue weighted by Gasteiger charge is 2.44. The average molecular weight is 556 g/mol. The van der Waals surface area contributed by atoms with E-state index >= 15 is 0 Å². The third-order valence-electron chi connectivity index (χ3n) is 6.13. The molecule has 0 saturated carbocycles. The van der Waals surface area contributed by atoms with Crippen LogP contribution in [-0.2, 0) is 11.6 Å². The Kier molecular flexibility index (Phi) is 7.09. The Morgan fingerprint density at radius 2 is 1.63 bits per heavy atom. The molecule has 0 saturated heterocycles. The maximum atomic E-state index is 13.4. The first-order valence-electron chi connectivity index (χ1n) is 11.1. The Balaban J connectivity index is 1.68. The number of carbonyl (C=O) groups is 1. The number of hydrazone groups is 1. The zero-order valence-corrected chi connectivity index (χ0v) is 20.7. The Morgan fingerprint density at radius 3 is 2.18 bits per heavy atom. The summed E-state index contributed by atoms with van der Waals surface area (Å²) in [7, 11) is 1.42. The fourth-order valence-electron chi connectivity index (χ4n) is 4.21. The fraction of sp³-hybridized carbons (Fsp3) is 0.231. The predicted molar refractivity (Wildman–Crippen MR) is 130 cm³/mol. The van der Waals surface area contributed by atoms with Crippen LogP contribution < -0.4 is 9.64 Å². The Hall–Kier alpha value is -3.73. The van der Waals surface area contributed by atoms with Crippen LogP contribution in [0.1, 0.15) is 23.6 Å². The van der Waals surface area contributed by atoms with E-state index in [0.29, 0.717) is 11.3 Å². The van der Waals surface area contributed by atoms with Gasteiger partial charge in [-0.25, -0.2) is 9.80 Å². The first-order valence-corrected chi connectivity index (χ1v) is 11.5. The lowest BCUT2D eigenvalue weighted by molar-refractivity contribution is -0.274. The summed E-state index contributed by atoms with van der Waals surface area (Å²) in [6.45, 7) is 1.85. The van der Waals surface area contributed by atoms with Crippen molar-refractivity contribution in [3.8, 4) is 5.75 Å². The summed E-state index contributed by atoms with van der Waals surface area (Å²) in [5, 5.41) is 5.14. The van der Waals surface area contributed by atoms with Crippen LogP contribution in [0, 0.1) is 0 Å². The van der Waals surface area contributed by atoms with E-state index in [4.69, 9.17) is 11.6 Å². The number of hydrogen-bond acceptors (Lipinski definition) is 3. The number of ether oxygens (including phenoxy) is 1. The van der Waals surface area contributed by atoms with Gasteiger partial charge in [0, 0.05) is 18.3 Å². The number of urea groups is 1. The van der Waals surface area contributed by atoms with Gasteiger partial charge in [-0.05, 0) is 48.9 Å². The van der Waals surface area contributed by atoms with Gasteiger partial charge in [0.25, 0.3) is 0 Å². The first-order chi connectivity index (χ1) is 17.7. The molecular formula is C26H20ClF6N3O2. The lowest BCUT2D eigenvalue weighted by Crippen LogP contribution is -2.42. The fourth-order valence-corrected chi connectivity index (χ4v) is 4.50. The quantitative estimate of drug-likeness (QED) is 0.313. The standard InChI is InChI=1S/C26H20ClF6N3O2/c1-24(17-6-4-3-5-7-17)15-36(34-22(24)16-8-13-20(21(27)14-16)25(28,29)30)23(37)35(2)18-9-11-19(12-10-18)38-26(31,32)33/h3-14H,15H2,1-2H3. The van der Waals surface area contributed by atoms with Gasteiger partial charge in [0.15, 0.2) is 0 Å². The van der Waals surface area contributed by atoms with Gasteiger partial charge in [-0.15, -0.1) is 13.2 Å². The van der Waals surface area contributed by atoms with Crippen LogP contribution in [0.3, 0.4) is 0 Å². The van der Waals surface area contributed by atoms with E-state index in [1.807, 2.05) is 19.1 Å². The highest BCUT2D eigenvalue weighted by molar-refractivity contribution is 6.32. The summed E-state index contributed by atoms with van der Waals surface area (Å²) in [4.78, 5) is 14.6. The van der Waals surface area contributed by atoms with E-state index in [-0.39, 0.29) is 12.2 Å². The zero-order chi connectivity index (χ0) is 27.9. The van der Waals surface area contributed by atoms with Crippen molar-refractivity contribution in [2.24, 2.45) is 5.10 Å². The van der Waals surface area contributed by atoms with Crippen molar-refractivity contribution < 1.29 is 35.9 Å². The number of anilines is 1. The minimum absolute atomic E-state index is 0.0451. The molecule has 0 aromatic heterocycles. The van der Waals surface area contributed by atoms with Crippen LogP contribution in [0.4, 0.5) is 36.8 Å². The molecule has 4 rings (SSSR count). The molecule has 0 fully saturated rings. The minimum atomic E-state index is -4.85. The maximum Gasteiger partial charge on any atom is 0.573 e. The predicted octanol–water partition coefficient (Wildman–Crippen LogP) is 7.49. The van der Waals surface area contributed by atoms with Crippen LogP contribution in [0.25, 0.3) is 0 Å². The third-order valence-corrected chi connectivity index (χ3v) is 6.45. The van der Waals surface area contributed by atoms with Crippen molar-refractivity contribution in [2.45, 2.75) is 24.9 Å². The van der Waals surface area contributed by atoms with E-state index in [2.05, 4.69) is 9.84 Å². The molecule has 0 spiro atoms. The summed E-state index contributed by atoms with van der Waals surface area (Å²) in [5.41, 5.74) is -0.233. The van der Waals surface area contributed by atoms with Crippen LogP contribution in [0.15, 0.2) is 77.9 Å². The zero-order valence-electron chi connectivity index (χ0n) is 19.9. The molecule has 38 heavy (non-hydrogen) atoms. The second kappa shape index (κ2) is 9.86. The summed E-state index contributed by atoms with van der Waals surface area (Å²) < 4.78 is 81.0. The topological polar surface area (TPSA) is 45.1 Å². The van der Waals surface area contributed by atoms with Gasteiger partial charge in [0.1, 0.15) is 5.75 Å². The van der Waals surface area contributed by atoms with Gasteiger partial charge >= 0.3 is 18.6 Å². The molecule has 2 amide bonds. The lowest BCUT2D eigenvalue weighted by Gasteiger charge is -2.28. The second-order valence-electron chi connectivity index (χ2n) is 8.78. The van der Waals surface area contributed by atoms with E-state index in [9.17, 15) is 31.1 Å². The number of carbonyl (C=O) groups excluding carboxylic acids is 1. The van der Waals surface area contributed by atoms with E-state index in [0.717, 1.165) is 28.8 Å². The molecule has 0 bridgehead atoms. The minimum Gasteiger partial charge on any atom is -0.406 e. The normalized spacial score (nSPS) is 17.8. The van der Waals surface area contributed by atoms with Gasteiger partial charge in [0.05, 0.1) is 28.3 Å². The highest BCUT2D eigenvalue weighted by atomic mass is 35.5. The van der Waals surface area contributed by atoms with Gasteiger partial charge in [-0.3, -0.25) is 4.90 Å². The summed E-state index contributed by atoms with van der Waals surface area (Å²) in [6.07, 6.45) is -9.49. The molecule has 200 valence electrons. The molecule has 1 aliphatic heterocycles. The molecule has 1 aliphatic rings. The van der Waals surface area contributed by atoms with E-state index < -0.39 is 40.3 Å². The molecule has 0 aliphatic carbocycles. The van der Waals surface area contributed by atoms with Crippen molar-refractivity contribution in [1.82, 2.24) is 5.01 Å². The number of amides is 2. The first kappa shape index (κ1) is 27.3. The molecule has 3 aromatic rings. The molecular weight excluding hydrogens is 536 g/mol. The summed E-state index contributed by atoms with van der Waals surface area (Å²) >= 11 is 5.97. The second-order valence-corrected chi connectivity index (χ2v) is 9.19. The van der Waals surface area contributed by atoms with Crippen molar-refractivity contribution in [1.29, 1.82) is 0 Å². The number of alkyl halides is 6. The number of rotatable bonds is 4. The van der Waals surface area contributed by atoms with Gasteiger partial charge in [-0.1, -0.05) is 48.0 Å². The van der Waals surface area contributed by atoms with E-state index in [1.54, 1.807) is 18.2 Å². The van der Waals surface area contributed by atoms with Crippen molar-refractivity contribution >= 4 is 29.0 Å². The van der Waals surface area contributed by atoms with Gasteiger partial charge < -0.3 is 4.74 Å². The molecule has 1 unspecified atom stereocenters. The van der Waals surface area contributed by atoms with Crippen LogP contribution in [0.5, 0.6) is 5.75 Å². The molecule has 1 atom stereocenters. The van der Waals surface area contributed by atoms with Gasteiger partial charge in [0.2, 0.25) is 0 Å². The summed E-state index contributed by atoms with van der Waals surface area (Å²) in [5.74, 6) is -0.445. The number of hydrogen-bond donors (Lipinski definition) is 0. The van der Waals surface area contributed by atoms with Crippen LogP contribution >= 0.6 is 11.6 Å². The number of benzene rings is 3. The SMILES string of the molecule is CN(C(=O)N1CC(C)(c2ccccc2)C(c2ccc(C(F)(F)F)c(Cl)c2)=N1)c1ccc(OC(F)(F)F)cc1. The van der Waals surface area contributed by atoms with Gasteiger partial charge in [-0.2, -0.15) is 18.3 Å². The molecule has 12 heteroatoms. The molecule has 3 aromatic carbocycles. The van der Waals surface area contributed by atoms with E-state index in [1.165, 1.54) is 36.2 Å². The molecule has 5 nitrogen and oxygen atoms in total. The number of nitrogens with zero attached hydrogens (tertiary/aromatic N) is 3. The van der Waals surface area contributed by atoms with Crippen molar-refractivity contribution in [3.63, 3.8) is 0 Å². The average Bonchev–Trinajstić information content (AvgIpc) is 3.21. The van der Waals surface area contributed by atoms with Crippen molar-refractivity contribution in [2.75, 3.05) is 18.5 Å². The monoisotopic (exact) mass is 555 g/mol. The Morgan fingerprint density at radius 1 is 1.00 bits per heavy atom.